The lowest BCUT2D eigenvalue weighted by atomic mass is 9.88. The zero-order chi connectivity index (χ0) is 20.2. The van der Waals surface area contributed by atoms with Crippen LogP contribution in [0.25, 0.3) is 12.2 Å². The first-order valence-corrected chi connectivity index (χ1v) is 10.2. The Balaban J connectivity index is 1.45. The van der Waals surface area contributed by atoms with Crippen molar-refractivity contribution in [3.8, 4) is 23.0 Å². The molecule has 0 aliphatic carbocycles. The molecule has 4 aliphatic rings. The van der Waals surface area contributed by atoms with Gasteiger partial charge in [-0.2, -0.15) is 0 Å². The van der Waals surface area contributed by atoms with Crippen LogP contribution in [-0.4, -0.2) is 43.4 Å². The molecule has 6 heteroatoms. The van der Waals surface area contributed by atoms with E-state index in [1.54, 1.807) is 0 Å². The fraction of sp³-hybridized carbons (Fsp3) is 0.292. The summed E-state index contributed by atoms with van der Waals surface area (Å²) in [5, 5.41) is 0. The minimum absolute atomic E-state index is 0.0913. The average molecular weight is 403 g/mol. The molecule has 4 heterocycles. The van der Waals surface area contributed by atoms with Crippen molar-refractivity contribution in [2.24, 2.45) is 0 Å². The Hall–Kier alpha value is -3.25. The third kappa shape index (κ3) is 2.57. The highest BCUT2D eigenvalue weighted by atomic mass is 16.7. The van der Waals surface area contributed by atoms with Gasteiger partial charge < -0.3 is 18.9 Å². The summed E-state index contributed by atoms with van der Waals surface area (Å²) in [5.41, 5.74) is 3.35. The number of hydrogen-bond donors (Lipinski definition) is 0. The Morgan fingerprint density at radius 1 is 0.800 bits per heavy atom. The minimum atomic E-state index is 0.0913. The van der Waals surface area contributed by atoms with Gasteiger partial charge in [-0.1, -0.05) is 24.3 Å². The topological polar surface area (TPSA) is 57.2 Å². The van der Waals surface area contributed by atoms with E-state index in [1.807, 2.05) is 48.6 Å². The summed E-state index contributed by atoms with van der Waals surface area (Å²) in [6.45, 7) is 0.419. The number of Topliss-reactive ketones (excluding diaryl/α,β-unsaturated/α-hetero) is 1. The summed E-state index contributed by atoms with van der Waals surface area (Å²) in [7, 11) is 2.10. The number of hydrogen-bond acceptors (Lipinski definition) is 6. The largest absolute Gasteiger partial charge is 0.454 e. The number of ether oxygens (including phenoxy) is 4. The number of para-hydroxylation sites is 2. The first kappa shape index (κ1) is 17.6. The van der Waals surface area contributed by atoms with E-state index in [1.165, 1.54) is 0 Å². The molecule has 2 saturated heterocycles. The molecule has 2 aromatic carbocycles. The summed E-state index contributed by atoms with van der Waals surface area (Å²) < 4.78 is 22.3. The smallest absolute Gasteiger partial charge is 0.231 e. The normalized spacial score (nSPS) is 26.8. The molecule has 2 atom stereocenters. The van der Waals surface area contributed by atoms with E-state index in [-0.39, 0.29) is 31.5 Å². The first-order chi connectivity index (χ1) is 14.7. The molecule has 4 aliphatic heterocycles. The Kier molecular flexibility index (Phi) is 3.89. The van der Waals surface area contributed by atoms with Crippen molar-refractivity contribution in [1.82, 2.24) is 4.90 Å². The minimum Gasteiger partial charge on any atom is -0.454 e. The van der Waals surface area contributed by atoms with Crippen molar-refractivity contribution in [1.29, 1.82) is 0 Å². The van der Waals surface area contributed by atoms with Crippen LogP contribution in [0.15, 0.2) is 47.5 Å². The lowest BCUT2D eigenvalue weighted by Gasteiger charge is -2.34. The van der Waals surface area contributed by atoms with E-state index < -0.39 is 0 Å². The zero-order valence-corrected chi connectivity index (χ0v) is 16.6. The van der Waals surface area contributed by atoms with Crippen LogP contribution < -0.4 is 18.9 Å². The molecule has 2 fully saturated rings. The van der Waals surface area contributed by atoms with Gasteiger partial charge >= 0.3 is 0 Å². The van der Waals surface area contributed by atoms with Crippen molar-refractivity contribution < 1.29 is 23.7 Å². The number of rotatable bonds is 2. The average Bonchev–Trinajstić information content (AvgIpc) is 3.48. The zero-order valence-electron chi connectivity index (χ0n) is 16.6. The molecule has 0 aromatic heterocycles. The van der Waals surface area contributed by atoms with E-state index in [4.69, 9.17) is 18.9 Å². The monoisotopic (exact) mass is 403 g/mol. The Morgan fingerprint density at radius 2 is 1.30 bits per heavy atom. The van der Waals surface area contributed by atoms with Gasteiger partial charge in [0.1, 0.15) is 0 Å². The van der Waals surface area contributed by atoms with E-state index >= 15 is 0 Å². The van der Waals surface area contributed by atoms with Crippen molar-refractivity contribution in [2.45, 2.75) is 24.9 Å². The summed E-state index contributed by atoms with van der Waals surface area (Å²) in [5.74, 6) is 2.94. The predicted molar refractivity (Wildman–Crippen MR) is 111 cm³/mol. The van der Waals surface area contributed by atoms with Crippen molar-refractivity contribution in [3.05, 3.63) is 58.7 Å². The van der Waals surface area contributed by atoms with Gasteiger partial charge in [0, 0.05) is 34.4 Å². The molecule has 0 saturated carbocycles. The maximum atomic E-state index is 13.6. The molecule has 2 aromatic rings. The van der Waals surface area contributed by atoms with Crippen LogP contribution in [-0.2, 0) is 4.79 Å². The second-order valence-corrected chi connectivity index (χ2v) is 7.96. The summed E-state index contributed by atoms with van der Waals surface area (Å²) in [4.78, 5) is 15.9. The van der Waals surface area contributed by atoms with Crippen LogP contribution in [0.3, 0.4) is 0 Å². The highest BCUT2D eigenvalue weighted by molar-refractivity contribution is 6.16. The second kappa shape index (κ2) is 6.64. The fourth-order valence-corrected chi connectivity index (χ4v) is 4.95. The number of benzene rings is 2. The first-order valence-electron chi connectivity index (χ1n) is 10.2. The highest BCUT2D eigenvalue weighted by Gasteiger charge is 2.45. The molecular weight excluding hydrogens is 382 g/mol. The lowest BCUT2D eigenvalue weighted by Crippen LogP contribution is -2.43. The SMILES string of the molecule is CN1C2CCC1/C(=C\c1cccc3c1OCO3)C(=O)/C2=C\c1cccc2c1OCO2. The quantitative estimate of drug-likeness (QED) is 0.714. The van der Waals surface area contributed by atoms with E-state index in [0.29, 0.717) is 11.5 Å². The van der Waals surface area contributed by atoms with Gasteiger partial charge in [0.25, 0.3) is 0 Å². The van der Waals surface area contributed by atoms with Gasteiger partial charge in [0.05, 0.1) is 0 Å². The van der Waals surface area contributed by atoms with E-state index in [2.05, 4.69) is 11.9 Å². The maximum Gasteiger partial charge on any atom is 0.231 e. The van der Waals surface area contributed by atoms with Crippen molar-refractivity contribution >= 4 is 17.9 Å². The molecule has 30 heavy (non-hydrogen) atoms. The third-order valence-corrected chi connectivity index (χ3v) is 6.42. The summed E-state index contributed by atoms with van der Waals surface area (Å²) in [6.07, 6.45) is 5.85. The Bertz CT molecular complexity index is 1030. The summed E-state index contributed by atoms with van der Waals surface area (Å²) >= 11 is 0. The number of nitrogens with zero attached hydrogens (tertiary/aromatic N) is 1. The molecule has 0 radical (unpaired) electrons. The molecule has 0 N–H and O–H groups in total. The molecule has 6 rings (SSSR count). The van der Waals surface area contributed by atoms with Crippen LogP contribution in [0.4, 0.5) is 0 Å². The number of ketones is 1. The van der Waals surface area contributed by atoms with E-state index in [0.717, 1.165) is 46.6 Å². The Labute approximate surface area is 174 Å². The van der Waals surface area contributed by atoms with Crippen LogP contribution in [0.2, 0.25) is 0 Å². The highest BCUT2D eigenvalue weighted by Crippen LogP contribution is 2.44. The van der Waals surface area contributed by atoms with Crippen LogP contribution in [0.1, 0.15) is 24.0 Å². The number of fused-ring (bicyclic) bond motifs is 4. The van der Waals surface area contributed by atoms with Gasteiger partial charge in [-0.15, -0.1) is 0 Å². The number of carbonyl (C=O) groups is 1. The van der Waals surface area contributed by atoms with Gasteiger partial charge in [-0.05, 0) is 44.2 Å². The van der Waals surface area contributed by atoms with Gasteiger partial charge in [0.15, 0.2) is 28.8 Å². The second-order valence-electron chi connectivity index (χ2n) is 7.96. The molecule has 152 valence electrons. The molecule has 6 nitrogen and oxygen atoms in total. The number of piperidine rings is 1. The maximum absolute atomic E-state index is 13.6. The van der Waals surface area contributed by atoms with Gasteiger partial charge in [-0.25, -0.2) is 0 Å². The molecule has 0 spiro atoms. The van der Waals surface area contributed by atoms with Crippen LogP contribution in [0.5, 0.6) is 23.0 Å². The van der Waals surface area contributed by atoms with Crippen LogP contribution >= 0.6 is 0 Å². The molecule has 2 bridgehead atoms. The Morgan fingerprint density at radius 3 is 1.80 bits per heavy atom. The molecule has 0 amide bonds. The lowest BCUT2D eigenvalue weighted by molar-refractivity contribution is -0.114. The fourth-order valence-electron chi connectivity index (χ4n) is 4.95. The van der Waals surface area contributed by atoms with Gasteiger partial charge in [-0.3, -0.25) is 9.69 Å². The summed E-state index contributed by atoms with van der Waals surface area (Å²) in [6, 6.07) is 11.8. The van der Waals surface area contributed by atoms with Gasteiger partial charge in [0.2, 0.25) is 13.6 Å². The van der Waals surface area contributed by atoms with Crippen LogP contribution in [0, 0.1) is 0 Å². The molecular formula is C24H21NO5. The standard InChI is InChI=1S/C24H21NO5/c1-25-18-8-9-19(25)17(11-15-5-3-7-21-24(15)30-13-28-21)22(26)16(18)10-14-4-2-6-20-23(14)29-12-27-20/h2-7,10-11,18-19H,8-9,12-13H2,1H3/b16-10-,17-11+. The van der Waals surface area contributed by atoms with E-state index in [9.17, 15) is 4.79 Å². The number of carbonyl (C=O) groups excluding carboxylic acids is 1. The van der Waals surface area contributed by atoms with Crippen molar-refractivity contribution in [2.75, 3.05) is 20.6 Å². The third-order valence-electron chi connectivity index (χ3n) is 6.42. The predicted octanol–water partition coefficient (Wildman–Crippen LogP) is 3.66. The number of likely N-dealkylation sites (N-methyl/N-ethyl adjacent to an activating group) is 1. The van der Waals surface area contributed by atoms with Crippen molar-refractivity contribution in [3.63, 3.8) is 0 Å². The molecule has 2 unspecified atom stereocenters.